The van der Waals surface area contributed by atoms with Crippen LogP contribution in [0.4, 0.5) is 0 Å². The van der Waals surface area contributed by atoms with E-state index in [9.17, 15) is 9.59 Å². The molecular formula is C15H18N2O4. The molecule has 0 bridgehead atoms. The van der Waals surface area contributed by atoms with Gasteiger partial charge < -0.3 is 15.2 Å². The summed E-state index contributed by atoms with van der Waals surface area (Å²) in [6.07, 6.45) is -0.839. The molecule has 0 aromatic heterocycles. The van der Waals surface area contributed by atoms with Gasteiger partial charge in [-0.05, 0) is 18.9 Å². The Balaban J connectivity index is 2.80. The molecule has 0 saturated carbocycles. The standard InChI is InChI=1S/C15H18N2O4/c1-10(9-16)8-12(15(19)20)17-14(18)13(21-2)11-6-4-3-5-7-11/h3-7,10,12-13H,8H2,1-2H3,(H,17,18)(H,19,20)/t10-,12+,13-/m1/s1. The fraction of sp³-hybridized carbons (Fsp3) is 0.400. The van der Waals surface area contributed by atoms with E-state index in [1.807, 2.05) is 12.1 Å². The van der Waals surface area contributed by atoms with Crippen LogP contribution in [-0.4, -0.2) is 30.1 Å². The lowest BCUT2D eigenvalue weighted by atomic mass is 10.0. The minimum absolute atomic E-state index is 0.0444. The van der Waals surface area contributed by atoms with Crippen molar-refractivity contribution in [1.29, 1.82) is 5.26 Å². The normalized spacial score (nSPS) is 14.5. The quantitative estimate of drug-likeness (QED) is 0.792. The molecule has 21 heavy (non-hydrogen) atoms. The van der Waals surface area contributed by atoms with Crippen LogP contribution in [0.25, 0.3) is 0 Å². The van der Waals surface area contributed by atoms with Crippen LogP contribution in [0.2, 0.25) is 0 Å². The molecule has 0 saturated heterocycles. The van der Waals surface area contributed by atoms with Gasteiger partial charge in [0.2, 0.25) is 0 Å². The molecular weight excluding hydrogens is 272 g/mol. The van der Waals surface area contributed by atoms with E-state index in [4.69, 9.17) is 15.1 Å². The zero-order valence-corrected chi connectivity index (χ0v) is 11.9. The molecule has 1 amide bonds. The zero-order valence-electron chi connectivity index (χ0n) is 11.9. The summed E-state index contributed by atoms with van der Waals surface area (Å²) in [6, 6.07) is 9.62. The minimum atomic E-state index is -1.17. The van der Waals surface area contributed by atoms with E-state index in [-0.39, 0.29) is 6.42 Å². The number of aliphatic carboxylic acids is 1. The van der Waals surface area contributed by atoms with E-state index in [2.05, 4.69) is 5.32 Å². The summed E-state index contributed by atoms with van der Waals surface area (Å²) in [4.78, 5) is 23.3. The highest BCUT2D eigenvalue weighted by Gasteiger charge is 2.27. The molecule has 1 rings (SSSR count). The number of rotatable bonds is 7. The second-order valence-corrected chi connectivity index (χ2v) is 4.69. The monoisotopic (exact) mass is 290 g/mol. The molecule has 0 fully saturated rings. The van der Waals surface area contributed by atoms with Crippen molar-refractivity contribution in [3.8, 4) is 6.07 Å². The van der Waals surface area contributed by atoms with Crippen LogP contribution in [0.1, 0.15) is 25.0 Å². The first-order valence-corrected chi connectivity index (χ1v) is 6.50. The van der Waals surface area contributed by atoms with Crippen LogP contribution in [0.5, 0.6) is 0 Å². The Morgan fingerprint density at radius 2 is 2.00 bits per heavy atom. The first-order chi connectivity index (χ1) is 9.99. The second-order valence-electron chi connectivity index (χ2n) is 4.69. The first kappa shape index (κ1) is 16.7. The van der Waals surface area contributed by atoms with Crippen LogP contribution in [0, 0.1) is 17.2 Å². The van der Waals surface area contributed by atoms with E-state index in [1.165, 1.54) is 7.11 Å². The summed E-state index contributed by atoms with van der Waals surface area (Å²) in [6.45, 7) is 1.60. The Hall–Kier alpha value is -2.39. The minimum Gasteiger partial charge on any atom is -0.480 e. The topological polar surface area (TPSA) is 99.4 Å². The number of methoxy groups -OCH3 is 1. The summed E-state index contributed by atoms with van der Waals surface area (Å²) < 4.78 is 5.14. The van der Waals surface area contributed by atoms with Gasteiger partial charge in [-0.1, -0.05) is 30.3 Å². The number of carboxylic acid groups (broad SMARTS) is 1. The summed E-state index contributed by atoms with van der Waals surface area (Å²) in [5, 5.41) is 20.3. The zero-order chi connectivity index (χ0) is 15.8. The number of hydrogen-bond acceptors (Lipinski definition) is 4. The molecule has 0 aliphatic heterocycles. The average molecular weight is 290 g/mol. The van der Waals surface area contributed by atoms with Crippen molar-refractivity contribution in [3.63, 3.8) is 0 Å². The van der Waals surface area contributed by atoms with Crippen LogP contribution >= 0.6 is 0 Å². The number of hydrogen-bond donors (Lipinski definition) is 2. The van der Waals surface area contributed by atoms with Gasteiger partial charge in [0.05, 0.1) is 6.07 Å². The lowest BCUT2D eigenvalue weighted by Crippen LogP contribution is -2.44. The highest BCUT2D eigenvalue weighted by molar-refractivity contribution is 5.87. The summed E-state index contributed by atoms with van der Waals surface area (Å²) in [5.74, 6) is -2.18. The van der Waals surface area contributed by atoms with Gasteiger partial charge in [0.1, 0.15) is 6.04 Å². The van der Waals surface area contributed by atoms with Gasteiger partial charge in [0.15, 0.2) is 6.10 Å². The Labute approximate surface area is 123 Å². The predicted molar refractivity (Wildman–Crippen MR) is 75.2 cm³/mol. The number of carbonyl (C=O) groups is 2. The van der Waals surface area contributed by atoms with Crippen LogP contribution in [0.15, 0.2) is 30.3 Å². The molecule has 0 spiro atoms. The van der Waals surface area contributed by atoms with Crippen molar-refractivity contribution in [2.45, 2.75) is 25.5 Å². The van der Waals surface area contributed by atoms with Crippen molar-refractivity contribution < 1.29 is 19.4 Å². The number of ether oxygens (including phenoxy) is 1. The molecule has 0 aliphatic rings. The third kappa shape index (κ3) is 4.89. The molecule has 3 atom stereocenters. The third-order valence-electron chi connectivity index (χ3n) is 3.00. The van der Waals surface area contributed by atoms with Crippen molar-refractivity contribution in [2.24, 2.45) is 5.92 Å². The number of nitrogens with one attached hydrogen (secondary N) is 1. The Kier molecular flexibility index (Phi) is 6.37. The van der Waals surface area contributed by atoms with Gasteiger partial charge in [0.25, 0.3) is 5.91 Å². The highest BCUT2D eigenvalue weighted by atomic mass is 16.5. The average Bonchev–Trinajstić information content (AvgIpc) is 2.48. The predicted octanol–water partition coefficient (Wildman–Crippen LogP) is 1.49. The van der Waals surface area contributed by atoms with Crippen molar-refractivity contribution in [2.75, 3.05) is 7.11 Å². The van der Waals surface area contributed by atoms with Crippen molar-refractivity contribution in [3.05, 3.63) is 35.9 Å². The van der Waals surface area contributed by atoms with Crippen LogP contribution < -0.4 is 5.32 Å². The Bertz CT molecular complexity index is 524. The number of carbonyl (C=O) groups excluding carboxylic acids is 1. The Morgan fingerprint density at radius 3 is 2.48 bits per heavy atom. The van der Waals surface area contributed by atoms with Gasteiger partial charge in [-0.25, -0.2) is 4.79 Å². The van der Waals surface area contributed by atoms with Gasteiger partial charge in [-0.3, -0.25) is 4.79 Å². The van der Waals surface area contributed by atoms with E-state index < -0.39 is 29.9 Å². The maximum atomic E-state index is 12.2. The number of nitrogens with zero attached hydrogens (tertiary/aromatic N) is 1. The lowest BCUT2D eigenvalue weighted by Gasteiger charge is -2.20. The first-order valence-electron chi connectivity index (χ1n) is 6.50. The van der Waals surface area contributed by atoms with Crippen molar-refractivity contribution >= 4 is 11.9 Å². The number of carboxylic acids is 1. The second kappa shape index (κ2) is 8.02. The van der Waals surface area contributed by atoms with Crippen molar-refractivity contribution in [1.82, 2.24) is 5.32 Å². The summed E-state index contributed by atoms with van der Waals surface area (Å²) in [5.41, 5.74) is 0.634. The molecule has 1 aromatic rings. The van der Waals surface area contributed by atoms with E-state index in [1.54, 1.807) is 31.2 Å². The third-order valence-corrected chi connectivity index (χ3v) is 3.00. The molecule has 0 heterocycles. The molecule has 6 nitrogen and oxygen atoms in total. The van der Waals surface area contributed by atoms with E-state index >= 15 is 0 Å². The molecule has 0 radical (unpaired) electrons. The van der Waals surface area contributed by atoms with E-state index in [0.717, 1.165) is 0 Å². The molecule has 0 aliphatic carbocycles. The molecule has 2 N–H and O–H groups in total. The van der Waals surface area contributed by atoms with Gasteiger partial charge in [-0.15, -0.1) is 0 Å². The largest absolute Gasteiger partial charge is 0.480 e. The lowest BCUT2D eigenvalue weighted by molar-refractivity contribution is -0.144. The number of amides is 1. The molecule has 112 valence electrons. The maximum absolute atomic E-state index is 12.2. The SMILES string of the molecule is CO[C@@H](C(=O)N[C@@H](C[C@@H](C)C#N)C(=O)O)c1ccccc1. The molecule has 0 unspecified atom stereocenters. The van der Waals surface area contributed by atoms with Gasteiger partial charge in [0, 0.05) is 13.0 Å². The molecule has 1 aromatic carbocycles. The summed E-state index contributed by atoms with van der Waals surface area (Å²) >= 11 is 0. The van der Waals surface area contributed by atoms with Crippen LogP contribution in [0.3, 0.4) is 0 Å². The maximum Gasteiger partial charge on any atom is 0.326 e. The smallest absolute Gasteiger partial charge is 0.326 e. The summed E-state index contributed by atoms with van der Waals surface area (Å²) in [7, 11) is 1.38. The molecule has 6 heteroatoms. The van der Waals surface area contributed by atoms with Gasteiger partial charge in [-0.2, -0.15) is 5.26 Å². The Morgan fingerprint density at radius 1 is 1.38 bits per heavy atom. The van der Waals surface area contributed by atoms with E-state index in [0.29, 0.717) is 5.56 Å². The number of benzene rings is 1. The number of nitriles is 1. The van der Waals surface area contributed by atoms with Crippen LogP contribution in [-0.2, 0) is 14.3 Å². The fourth-order valence-corrected chi connectivity index (χ4v) is 1.90. The van der Waals surface area contributed by atoms with Gasteiger partial charge >= 0.3 is 5.97 Å². The fourth-order valence-electron chi connectivity index (χ4n) is 1.90. The highest BCUT2D eigenvalue weighted by Crippen LogP contribution is 2.17.